The first-order valence-electron chi connectivity index (χ1n) is 5.99. The molecule has 0 bridgehead atoms. The van der Waals surface area contributed by atoms with Crippen molar-refractivity contribution in [3.63, 3.8) is 0 Å². The number of ketones is 1. The Hall–Kier alpha value is -1.20. The van der Waals surface area contributed by atoms with Crippen molar-refractivity contribution in [3.8, 4) is 0 Å². The number of carbonyl (C=O) groups is 2. The molecule has 104 valence electrons. The molecular weight excluding hydrogens is 244 g/mol. The standard InChI is InChI=1S/C12H19F2NO3/c1-12(2,3)18-11(17)15-8(10(13)14)6-9(16)7-4-5-7/h7-8,10H,4-6H2,1-3H3,(H,15,17). The highest BCUT2D eigenvalue weighted by atomic mass is 19.3. The molecule has 1 saturated carbocycles. The normalized spacial score (nSPS) is 17.4. The number of alkyl halides is 2. The van der Waals surface area contributed by atoms with Crippen molar-refractivity contribution < 1.29 is 23.1 Å². The molecule has 1 amide bonds. The van der Waals surface area contributed by atoms with Crippen LogP contribution in [0.15, 0.2) is 0 Å². The lowest BCUT2D eigenvalue weighted by Gasteiger charge is -2.23. The Balaban J connectivity index is 2.46. The lowest BCUT2D eigenvalue weighted by atomic mass is 10.1. The number of halogens is 2. The summed E-state index contributed by atoms with van der Waals surface area (Å²) in [4.78, 5) is 22.8. The van der Waals surface area contributed by atoms with Crippen LogP contribution >= 0.6 is 0 Å². The van der Waals surface area contributed by atoms with Gasteiger partial charge in [0.1, 0.15) is 11.4 Å². The van der Waals surface area contributed by atoms with Crippen molar-refractivity contribution in [3.05, 3.63) is 0 Å². The van der Waals surface area contributed by atoms with E-state index in [9.17, 15) is 18.4 Å². The Kier molecular flexibility index (Phi) is 4.65. The molecule has 0 saturated heterocycles. The molecule has 0 aromatic rings. The van der Waals surface area contributed by atoms with Crippen LogP contribution in [0.5, 0.6) is 0 Å². The van der Waals surface area contributed by atoms with E-state index in [1.54, 1.807) is 20.8 Å². The number of hydrogen-bond acceptors (Lipinski definition) is 3. The first-order chi connectivity index (χ1) is 8.19. The van der Waals surface area contributed by atoms with Crippen molar-refractivity contribution in [2.45, 2.75) is 58.1 Å². The molecule has 1 fully saturated rings. The van der Waals surface area contributed by atoms with Gasteiger partial charge in [0, 0.05) is 12.3 Å². The summed E-state index contributed by atoms with van der Waals surface area (Å²) < 4.78 is 30.3. The van der Waals surface area contributed by atoms with Crippen LogP contribution in [0.1, 0.15) is 40.0 Å². The third-order valence-corrected chi connectivity index (χ3v) is 2.46. The molecule has 0 aliphatic heterocycles. The first kappa shape index (κ1) is 14.9. The highest BCUT2D eigenvalue weighted by Gasteiger charge is 2.34. The highest BCUT2D eigenvalue weighted by Crippen LogP contribution is 2.31. The fraction of sp³-hybridized carbons (Fsp3) is 0.833. The topological polar surface area (TPSA) is 55.4 Å². The minimum absolute atomic E-state index is 0.0910. The summed E-state index contributed by atoms with van der Waals surface area (Å²) in [5.74, 6) is -0.303. The molecule has 18 heavy (non-hydrogen) atoms. The number of Topliss-reactive ketones (excluding diaryl/α,β-unsaturated/α-hetero) is 1. The molecule has 0 aromatic heterocycles. The van der Waals surface area contributed by atoms with Gasteiger partial charge in [0.2, 0.25) is 0 Å². The minimum atomic E-state index is -2.78. The molecule has 0 aromatic carbocycles. The summed E-state index contributed by atoms with van der Waals surface area (Å²) in [6, 6.07) is -1.46. The van der Waals surface area contributed by atoms with E-state index >= 15 is 0 Å². The Morgan fingerprint density at radius 2 is 1.89 bits per heavy atom. The van der Waals surface area contributed by atoms with Crippen molar-refractivity contribution in [2.24, 2.45) is 5.92 Å². The fourth-order valence-corrected chi connectivity index (χ4v) is 1.45. The quantitative estimate of drug-likeness (QED) is 0.829. The molecule has 1 N–H and O–H groups in total. The zero-order valence-electron chi connectivity index (χ0n) is 10.8. The van der Waals surface area contributed by atoms with Crippen LogP contribution in [0, 0.1) is 5.92 Å². The lowest BCUT2D eigenvalue weighted by molar-refractivity contribution is -0.121. The van der Waals surface area contributed by atoms with Gasteiger partial charge in [-0.2, -0.15) is 0 Å². The van der Waals surface area contributed by atoms with Crippen LogP contribution in [0.25, 0.3) is 0 Å². The smallest absolute Gasteiger partial charge is 0.408 e. The van der Waals surface area contributed by atoms with Crippen molar-refractivity contribution in [1.29, 1.82) is 0 Å². The van der Waals surface area contributed by atoms with Crippen LogP contribution in [0.2, 0.25) is 0 Å². The Bertz CT molecular complexity index is 322. The molecule has 0 spiro atoms. The third-order valence-electron chi connectivity index (χ3n) is 2.46. The van der Waals surface area contributed by atoms with E-state index in [4.69, 9.17) is 4.74 Å². The van der Waals surface area contributed by atoms with Gasteiger partial charge < -0.3 is 10.1 Å². The number of nitrogens with one attached hydrogen (secondary N) is 1. The van der Waals surface area contributed by atoms with E-state index in [0.29, 0.717) is 0 Å². The molecule has 1 aliphatic rings. The van der Waals surface area contributed by atoms with Gasteiger partial charge in [-0.05, 0) is 33.6 Å². The summed E-state index contributed by atoms with van der Waals surface area (Å²) in [6.07, 6.45) is -2.50. The molecule has 1 unspecified atom stereocenters. The molecule has 6 heteroatoms. The second kappa shape index (κ2) is 5.63. The molecule has 4 nitrogen and oxygen atoms in total. The summed E-state index contributed by atoms with van der Waals surface area (Å²) in [7, 11) is 0. The van der Waals surface area contributed by atoms with Gasteiger partial charge in [0.05, 0.1) is 6.04 Å². The van der Waals surface area contributed by atoms with Crippen LogP contribution < -0.4 is 5.32 Å². The summed E-state index contributed by atoms with van der Waals surface area (Å²) in [6.45, 7) is 4.91. The van der Waals surface area contributed by atoms with E-state index in [-0.39, 0.29) is 18.1 Å². The van der Waals surface area contributed by atoms with Gasteiger partial charge in [-0.25, -0.2) is 13.6 Å². The molecule has 0 heterocycles. The molecule has 0 radical (unpaired) electrons. The van der Waals surface area contributed by atoms with Crippen LogP contribution in [0.4, 0.5) is 13.6 Å². The maximum absolute atomic E-state index is 12.7. The first-order valence-corrected chi connectivity index (χ1v) is 5.99. The van der Waals surface area contributed by atoms with Crippen LogP contribution in [-0.4, -0.2) is 29.9 Å². The SMILES string of the molecule is CC(C)(C)OC(=O)NC(CC(=O)C1CC1)C(F)F. The van der Waals surface area contributed by atoms with Gasteiger partial charge >= 0.3 is 6.09 Å². The van der Waals surface area contributed by atoms with Gasteiger partial charge in [0.15, 0.2) is 0 Å². The highest BCUT2D eigenvalue weighted by molar-refractivity contribution is 5.84. The monoisotopic (exact) mass is 263 g/mol. The summed E-state index contributed by atoms with van der Waals surface area (Å²) in [5.41, 5.74) is -0.753. The Labute approximate surface area is 105 Å². The van der Waals surface area contributed by atoms with Crippen LogP contribution in [0.3, 0.4) is 0 Å². The van der Waals surface area contributed by atoms with Gasteiger partial charge in [-0.1, -0.05) is 0 Å². The number of alkyl carbamates (subject to hydrolysis) is 1. The molecular formula is C12H19F2NO3. The zero-order chi connectivity index (χ0) is 13.9. The number of amides is 1. The van der Waals surface area contributed by atoms with E-state index in [1.807, 2.05) is 0 Å². The average Bonchev–Trinajstić information content (AvgIpc) is 2.95. The zero-order valence-corrected chi connectivity index (χ0v) is 10.8. The predicted molar refractivity (Wildman–Crippen MR) is 61.5 cm³/mol. The minimum Gasteiger partial charge on any atom is -0.444 e. The fourth-order valence-electron chi connectivity index (χ4n) is 1.45. The number of ether oxygens (including phenoxy) is 1. The number of hydrogen-bond donors (Lipinski definition) is 1. The lowest BCUT2D eigenvalue weighted by Crippen LogP contribution is -2.44. The van der Waals surface area contributed by atoms with Crippen LogP contribution in [-0.2, 0) is 9.53 Å². The van der Waals surface area contributed by atoms with Crippen molar-refractivity contribution in [1.82, 2.24) is 5.32 Å². The van der Waals surface area contributed by atoms with Gasteiger partial charge in [0.25, 0.3) is 6.43 Å². The molecule has 1 rings (SSSR count). The van der Waals surface area contributed by atoms with Gasteiger partial charge in [-0.15, -0.1) is 0 Å². The van der Waals surface area contributed by atoms with Gasteiger partial charge in [-0.3, -0.25) is 4.79 Å². The predicted octanol–water partition coefficient (Wildman–Crippen LogP) is 2.51. The van der Waals surface area contributed by atoms with Crippen molar-refractivity contribution in [2.75, 3.05) is 0 Å². The van der Waals surface area contributed by atoms with E-state index in [1.165, 1.54) is 0 Å². The molecule has 1 atom stereocenters. The summed E-state index contributed by atoms with van der Waals surface area (Å²) in [5, 5.41) is 2.05. The number of rotatable bonds is 5. The Morgan fingerprint density at radius 1 is 1.33 bits per heavy atom. The van der Waals surface area contributed by atoms with E-state index < -0.39 is 24.2 Å². The average molecular weight is 263 g/mol. The maximum atomic E-state index is 12.7. The van der Waals surface area contributed by atoms with Crippen molar-refractivity contribution >= 4 is 11.9 Å². The Morgan fingerprint density at radius 3 is 2.28 bits per heavy atom. The number of carbonyl (C=O) groups excluding carboxylic acids is 2. The third kappa shape index (κ3) is 5.42. The second-order valence-corrected chi connectivity index (χ2v) is 5.53. The molecule has 1 aliphatic carbocycles. The largest absolute Gasteiger partial charge is 0.444 e. The summed E-state index contributed by atoms with van der Waals surface area (Å²) >= 11 is 0. The second-order valence-electron chi connectivity index (χ2n) is 5.53. The van der Waals surface area contributed by atoms with E-state index in [0.717, 1.165) is 12.8 Å². The maximum Gasteiger partial charge on any atom is 0.408 e. The van der Waals surface area contributed by atoms with E-state index in [2.05, 4.69) is 5.32 Å².